The number of carbonyl (C=O) groups is 3. The molecule has 0 aromatic rings. The minimum atomic E-state index is -1.46. The highest BCUT2D eigenvalue weighted by Crippen LogP contribution is 2.51. The third-order valence-corrected chi connectivity index (χ3v) is 3.52. The molecule has 0 amide bonds. The van der Waals surface area contributed by atoms with E-state index in [1.54, 1.807) is 6.08 Å². The molecule has 0 aromatic carbocycles. The van der Waals surface area contributed by atoms with Crippen LogP contribution in [0.15, 0.2) is 12.2 Å². The standard InChI is InChI=1S/C12H12O6/c1-2-5-16-11(15)12-4-3-6(18-12)7-8(12)10(14)17-9(7)13/h3-4,6-8H,2,5H2,1H3. The van der Waals surface area contributed by atoms with E-state index in [0.29, 0.717) is 6.42 Å². The van der Waals surface area contributed by atoms with Crippen molar-refractivity contribution >= 4 is 17.9 Å². The Balaban J connectivity index is 1.93. The largest absolute Gasteiger partial charge is 0.463 e. The first-order valence-electron chi connectivity index (χ1n) is 5.90. The fourth-order valence-corrected chi connectivity index (χ4v) is 2.74. The number of rotatable bonds is 3. The van der Waals surface area contributed by atoms with Crippen LogP contribution in [0.1, 0.15) is 13.3 Å². The first-order chi connectivity index (χ1) is 8.60. The van der Waals surface area contributed by atoms with Gasteiger partial charge in [0, 0.05) is 0 Å². The summed E-state index contributed by atoms with van der Waals surface area (Å²) >= 11 is 0. The lowest BCUT2D eigenvalue weighted by atomic mass is 9.77. The summed E-state index contributed by atoms with van der Waals surface area (Å²) in [5.74, 6) is -3.56. The van der Waals surface area contributed by atoms with E-state index < -0.39 is 41.4 Å². The highest BCUT2D eigenvalue weighted by Gasteiger charge is 2.70. The molecule has 6 heteroatoms. The van der Waals surface area contributed by atoms with Gasteiger partial charge in [0.1, 0.15) is 11.8 Å². The predicted molar refractivity (Wildman–Crippen MR) is 56.1 cm³/mol. The zero-order valence-electron chi connectivity index (χ0n) is 9.75. The molecule has 4 unspecified atom stereocenters. The van der Waals surface area contributed by atoms with Gasteiger partial charge in [0.05, 0.1) is 12.7 Å². The van der Waals surface area contributed by atoms with Gasteiger partial charge in [0.15, 0.2) is 5.60 Å². The Bertz CT molecular complexity index is 467. The Kier molecular flexibility index (Phi) is 2.31. The first kappa shape index (κ1) is 11.4. The van der Waals surface area contributed by atoms with Crippen LogP contribution in [-0.2, 0) is 28.6 Å². The van der Waals surface area contributed by atoms with Gasteiger partial charge in [0.25, 0.3) is 0 Å². The van der Waals surface area contributed by atoms with Crippen LogP contribution < -0.4 is 0 Å². The molecule has 0 radical (unpaired) electrons. The van der Waals surface area contributed by atoms with Crippen LogP contribution in [0.25, 0.3) is 0 Å². The van der Waals surface area contributed by atoms with Gasteiger partial charge >= 0.3 is 17.9 Å². The van der Waals surface area contributed by atoms with Gasteiger partial charge in [-0.05, 0) is 12.5 Å². The van der Waals surface area contributed by atoms with Crippen molar-refractivity contribution in [2.75, 3.05) is 6.61 Å². The summed E-state index contributed by atoms with van der Waals surface area (Å²) in [6, 6.07) is 0. The summed E-state index contributed by atoms with van der Waals surface area (Å²) in [6.45, 7) is 2.12. The summed E-state index contributed by atoms with van der Waals surface area (Å²) in [7, 11) is 0. The van der Waals surface area contributed by atoms with E-state index >= 15 is 0 Å². The van der Waals surface area contributed by atoms with Crippen LogP contribution in [0.4, 0.5) is 0 Å². The fourth-order valence-electron chi connectivity index (χ4n) is 2.74. The molecule has 3 rings (SSSR count). The van der Waals surface area contributed by atoms with Crippen LogP contribution in [0.2, 0.25) is 0 Å². The molecule has 0 spiro atoms. The second-order valence-corrected chi connectivity index (χ2v) is 4.61. The van der Waals surface area contributed by atoms with E-state index in [4.69, 9.17) is 9.47 Å². The molecule has 3 heterocycles. The number of fused-ring (bicyclic) bond motifs is 5. The Labute approximate surface area is 103 Å². The molecule has 2 saturated heterocycles. The molecule has 4 atom stereocenters. The molecule has 0 aliphatic carbocycles. The molecule has 3 aliphatic rings. The topological polar surface area (TPSA) is 78.9 Å². The smallest absolute Gasteiger partial charge is 0.343 e. The summed E-state index contributed by atoms with van der Waals surface area (Å²) in [6.07, 6.45) is 3.24. The van der Waals surface area contributed by atoms with Gasteiger partial charge in [-0.2, -0.15) is 0 Å². The van der Waals surface area contributed by atoms with E-state index in [2.05, 4.69) is 4.74 Å². The lowest BCUT2D eigenvalue weighted by molar-refractivity contribution is -0.172. The molecule has 6 nitrogen and oxygen atoms in total. The Morgan fingerprint density at radius 1 is 1.44 bits per heavy atom. The maximum absolute atomic E-state index is 12.1. The Hall–Kier alpha value is -1.69. The van der Waals surface area contributed by atoms with E-state index in [9.17, 15) is 14.4 Å². The fraction of sp³-hybridized carbons (Fsp3) is 0.583. The van der Waals surface area contributed by atoms with E-state index in [-0.39, 0.29) is 6.61 Å². The van der Waals surface area contributed by atoms with E-state index in [1.165, 1.54) is 6.08 Å². The van der Waals surface area contributed by atoms with Gasteiger partial charge in [-0.15, -0.1) is 0 Å². The molecule has 0 N–H and O–H groups in total. The van der Waals surface area contributed by atoms with Crippen LogP contribution >= 0.6 is 0 Å². The number of cyclic esters (lactones) is 2. The monoisotopic (exact) mass is 252 g/mol. The molecule has 2 fully saturated rings. The SMILES string of the molecule is CCCOC(=O)C12C=CC(O1)C1C(=O)OC(=O)C12. The maximum Gasteiger partial charge on any atom is 0.343 e. The Morgan fingerprint density at radius 2 is 2.22 bits per heavy atom. The average molecular weight is 252 g/mol. The highest BCUT2D eigenvalue weighted by atomic mass is 16.6. The van der Waals surface area contributed by atoms with Crippen LogP contribution in [0.3, 0.4) is 0 Å². The van der Waals surface area contributed by atoms with Crippen molar-refractivity contribution in [1.29, 1.82) is 0 Å². The lowest BCUT2D eigenvalue weighted by Gasteiger charge is -2.24. The molecule has 18 heavy (non-hydrogen) atoms. The van der Waals surface area contributed by atoms with Crippen molar-refractivity contribution in [1.82, 2.24) is 0 Å². The number of ether oxygens (including phenoxy) is 3. The normalized spacial score (nSPS) is 39.9. The lowest BCUT2D eigenvalue weighted by Crippen LogP contribution is -2.46. The predicted octanol–water partition coefficient (Wildman–Crippen LogP) is -0.0372. The summed E-state index contributed by atoms with van der Waals surface area (Å²) in [5, 5.41) is 0. The Morgan fingerprint density at radius 3 is 2.94 bits per heavy atom. The molecule has 2 bridgehead atoms. The number of carbonyl (C=O) groups excluding carboxylic acids is 3. The van der Waals surface area contributed by atoms with E-state index in [1.807, 2.05) is 6.92 Å². The van der Waals surface area contributed by atoms with Gasteiger partial charge in [-0.1, -0.05) is 13.0 Å². The minimum Gasteiger partial charge on any atom is -0.463 e. The maximum atomic E-state index is 12.1. The molecular weight excluding hydrogens is 240 g/mol. The van der Waals surface area contributed by atoms with Gasteiger partial charge < -0.3 is 14.2 Å². The number of esters is 3. The average Bonchev–Trinajstić information content (AvgIpc) is 2.99. The third kappa shape index (κ3) is 1.23. The minimum absolute atomic E-state index is 0.253. The summed E-state index contributed by atoms with van der Waals surface area (Å²) < 4.78 is 15.2. The zero-order chi connectivity index (χ0) is 12.9. The van der Waals surface area contributed by atoms with Crippen molar-refractivity contribution in [3.8, 4) is 0 Å². The molecule has 96 valence electrons. The van der Waals surface area contributed by atoms with Crippen molar-refractivity contribution in [2.24, 2.45) is 11.8 Å². The first-order valence-corrected chi connectivity index (χ1v) is 5.90. The molecule has 0 saturated carbocycles. The van der Waals surface area contributed by atoms with Gasteiger partial charge in [-0.25, -0.2) is 4.79 Å². The van der Waals surface area contributed by atoms with Gasteiger partial charge in [0.2, 0.25) is 0 Å². The summed E-state index contributed by atoms with van der Waals surface area (Å²) in [4.78, 5) is 35.3. The van der Waals surface area contributed by atoms with Crippen molar-refractivity contribution in [3.05, 3.63) is 12.2 Å². The molecule has 0 aromatic heterocycles. The zero-order valence-corrected chi connectivity index (χ0v) is 9.75. The van der Waals surface area contributed by atoms with E-state index in [0.717, 1.165) is 0 Å². The third-order valence-electron chi connectivity index (χ3n) is 3.52. The second kappa shape index (κ2) is 3.65. The van der Waals surface area contributed by atoms with Crippen LogP contribution in [-0.4, -0.2) is 36.2 Å². The van der Waals surface area contributed by atoms with Gasteiger partial charge in [-0.3, -0.25) is 9.59 Å². The van der Waals surface area contributed by atoms with Crippen molar-refractivity contribution in [3.63, 3.8) is 0 Å². The second-order valence-electron chi connectivity index (χ2n) is 4.61. The molecule has 3 aliphatic heterocycles. The highest BCUT2D eigenvalue weighted by molar-refractivity contribution is 6.03. The van der Waals surface area contributed by atoms with Crippen LogP contribution in [0, 0.1) is 11.8 Å². The number of hydrogen-bond acceptors (Lipinski definition) is 6. The molecular formula is C12H12O6. The quantitative estimate of drug-likeness (QED) is 0.398. The van der Waals surface area contributed by atoms with Crippen molar-refractivity contribution < 1.29 is 28.6 Å². The van der Waals surface area contributed by atoms with Crippen LogP contribution in [0.5, 0.6) is 0 Å². The number of hydrogen-bond donors (Lipinski definition) is 0. The summed E-state index contributed by atoms with van der Waals surface area (Å²) in [5.41, 5.74) is -1.46. The van der Waals surface area contributed by atoms with Crippen molar-refractivity contribution in [2.45, 2.75) is 25.0 Å².